The number of sulfonamides is 1. The van der Waals surface area contributed by atoms with E-state index in [2.05, 4.69) is 9.88 Å². The first-order chi connectivity index (χ1) is 8.24. The van der Waals surface area contributed by atoms with Gasteiger partial charge in [0.2, 0.25) is 10.0 Å². The van der Waals surface area contributed by atoms with Crippen molar-refractivity contribution in [3.63, 3.8) is 0 Å². The molecule has 0 spiro atoms. The molecule has 0 radical (unpaired) electrons. The lowest BCUT2D eigenvalue weighted by atomic mass is 10.1. The van der Waals surface area contributed by atoms with Crippen LogP contribution in [0.25, 0.3) is 0 Å². The Balaban J connectivity index is 2.72. The average molecular weight is 295 g/mol. The smallest absolute Gasteiger partial charge is 0.246 e. The Morgan fingerprint density at radius 1 is 1.39 bits per heavy atom. The summed E-state index contributed by atoms with van der Waals surface area (Å²) in [5.74, 6) is 0.714. The molecule has 0 aliphatic carbocycles. The molecule has 0 bridgehead atoms. The number of hydrogen-bond donors (Lipinski definition) is 1. The third kappa shape index (κ3) is 3.96. The van der Waals surface area contributed by atoms with Gasteiger partial charge in [0.05, 0.1) is 0 Å². The first kappa shape index (κ1) is 15.5. The minimum atomic E-state index is -3.60. The lowest BCUT2D eigenvalue weighted by molar-refractivity contribution is 0.390. The molecule has 18 heavy (non-hydrogen) atoms. The molecule has 104 valence electrons. The van der Waals surface area contributed by atoms with Crippen LogP contribution in [0.15, 0.2) is 9.42 Å². The van der Waals surface area contributed by atoms with Gasteiger partial charge in [-0.3, -0.25) is 0 Å². The molecule has 0 amide bonds. The maximum atomic E-state index is 12.1. The highest BCUT2D eigenvalue weighted by Gasteiger charge is 2.24. The van der Waals surface area contributed by atoms with Gasteiger partial charge in [0.25, 0.3) is 0 Å². The molecule has 7 heteroatoms. The Kier molecular flexibility index (Phi) is 5.19. The topological polar surface area (TPSA) is 72.2 Å². The maximum Gasteiger partial charge on any atom is 0.246 e. The van der Waals surface area contributed by atoms with Crippen LogP contribution in [0.3, 0.4) is 0 Å². The summed E-state index contributed by atoms with van der Waals surface area (Å²) in [6, 6.07) is 0. The lowest BCUT2D eigenvalue weighted by Gasteiger charge is -2.13. The van der Waals surface area contributed by atoms with Crippen LogP contribution in [0.4, 0.5) is 0 Å². The number of nitrogens with one attached hydrogen (secondary N) is 1. The number of aromatic nitrogens is 1. The molecule has 0 fully saturated rings. The van der Waals surface area contributed by atoms with Crippen molar-refractivity contribution < 1.29 is 12.9 Å². The number of aryl methyl sites for hydroxylation is 2. The predicted octanol–water partition coefficient (Wildman–Crippen LogP) is 2.22. The predicted molar refractivity (Wildman–Crippen MR) is 70.3 cm³/mol. The van der Waals surface area contributed by atoms with E-state index < -0.39 is 10.0 Å². The summed E-state index contributed by atoms with van der Waals surface area (Å²) in [7, 11) is -3.60. The second kappa shape index (κ2) is 6.04. The lowest BCUT2D eigenvalue weighted by Crippen LogP contribution is -2.31. The van der Waals surface area contributed by atoms with E-state index in [0.29, 0.717) is 11.6 Å². The molecule has 0 aromatic carbocycles. The summed E-state index contributed by atoms with van der Waals surface area (Å²) in [6.07, 6.45) is 0.756. The van der Waals surface area contributed by atoms with Crippen LogP contribution in [0.2, 0.25) is 0 Å². The molecule has 0 aliphatic rings. The van der Waals surface area contributed by atoms with Crippen LogP contribution in [0.5, 0.6) is 0 Å². The second-order valence-electron chi connectivity index (χ2n) is 4.73. The zero-order valence-corrected chi connectivity index (χ0v) is 12.6. The Hall–Kier alpha value is -0.590. The molecule has 0 saturated heterocycles. The van der Waals surface area contributed by atoms with Crippen LogP contribution in [0, 0.1) is 19.8 Å². The number of rotatable bonds is 6. The summed E-state index contributed by atoms with van der Waals surface area (Å²) in [6.45, 7) is 7.45. The van der Waals surface area contributed by atoms with Crippen LogP contribution in [-0.2, 0) is 10.0 Å². The highest BCUT2D eigenvalue weighted by Crippen LogP contribution is 2.19. The van der Waals surface area contributed by atoms with Crippen molar-refractivity contribution in [3.05, 3.63) is 11.5 Å². The Labute approximate surface area is 113 Å². The van der Waals surface area contributed by atoms with Gasteiger partial charge in [0, 0.05) is 11.9 Å². The fourth-order valence-corrected chi connectivity index (χ4v) is 3.66. The van der Waals surface area contributed by atoms with Crippen molar-refractivity contribution in [1.82, 2.24) is 9.88 Å². The van der Waals surface area contributed by atoms with Gasteiger partial charge in [-0.1, -0.05) is 19.0 Å². The molecule has 1 heterocycles. The SMILES string of the molecule is Cc1noc(C)c1S(=O)(=O)NCC(Cl)CC(C)C. The van der Waals surface area contributed by atoms with Gasteiger partial charge in [-0.25, -0.2) is 13.1 Å². The van der Waals surface area contributed by atoms with Gasteiger partial charge in [-0.15, -0.1) is 11.6 Å². The van der Waals surface area contributed by atoms with E-state index in [-0.39, 0.29) is 22.6 Å². The highest BCUT2D eigenvalue weighted by molar-refractivity contribution is 7.89. The molecule has 1 aromatic heterocycles. The highest BCUT2D eigenvalue weighted by atomic mass is 35.5. The third-order valence-corrected chi connectivity index (χ3v) is 4.46. The van der Waals surface area contributed by atoms with Gasteiger partial charge in [-0.05, 0) is 26.2 Å². The second-order valence-corrected chi connectivity index (χ2v) is 7.05. The number of halogens is 1. The Bertz CT molecular complexity index is 477. The first-order valence-electron chi connectivity index (χ1n) is 5.80. The van der Waals surface area contributed by atoms with E-state index in [0.717, 1.165) is 6.42 Å². The van der Waals surface area contributed by atoms with Crippen molar-refractivity contribution in [2.24, 2.45) is 5.92 Å². The van der Waals surface area contributed by atoms with Gasteiger partial charge < -0.3 is 4.52 Å². The fourth-order valence-electron chi connectivity index (χ4n) is 1.73. The average Bonchev–Trinajstić information content (AvgIpc) is 2.55. The molecule has 1 rings (SSSR count). The van der Waals surface area contributed by atoms with Gasteiger partial charge in [0.15, 0.2) is 5.76 Å². The zero-order valence-electron chi connectivity index (χ0n) is 11.0. The molecular formula is C11H19ClN2O3S. The number of alkyl halides is 1. The van der Waals surface area contributed by atoms with E-state index in [1.54, 1.807) is 13.8 Å². The van der Waals surface area contributed by atoms with Crippen LogP contribution in [0.1, 0.15) is 31.7 Å². The molecular weight excluding hydrogens is 276 g/mol. The molecule has 0 aliphatic heterocycles. The summed E-state index contributed by atoms with van der Waals surface area (Å²) in [4.78, 5) is 0.107. The quantitative estimate of drug-likeness (QED) is 0.817. The Morgan fingerprint density at radius 2 is 2.00 bits per heavy atom. The zero-order chi connectivity index (χ0) is 13.9. The van der Waals surface area contributed by atoms with E-state index in [9.17, 15) is 8.42 Å². The van der Waals surface area contributed by atoms with E-state index in [4.69, 9.17) is 16.1 Å². The molecule has 1 unspecified atom stereocenters. The summed E-state index contributed by atoms with van der Waals surface area (Å²) < 4.78 is 31.5. The van der Waals surface area contributed by atoms with Crippen LogP contribution in [-0.4, -0.2) is 25.5 Å². The Morgan fingerprint density at radius 3 is 2.44 bits per heavy atom. The van der Waals surface area contributed by atoms with Crippen LogP contribution >= 0.6 is 11.6 Å². The molecule has 1 atom stereocenters. The van der Waals surface area contributed by atoms with E-state index in [1.165, 1.54) is 0 Å². The van der Waals surface area contributed by atoms with E-state index >= 15 is 0 Å². The maximum absolute atomic E-state index is 12.1. The van der Waals surface area contributed by atoms with Gasteiger partial charge in [-0.2, -0.15) is 0 Å². The standard InChI is InChI=1S/C11H19ClN2O3S/c1-7(2)5-10(12)6-13-18(15,16)11-8(3)14-17-9(11)4/h7,10,13H,5-6H2,1-4H3. The number of nitrogens with zero attached hydrogens (tertiary/aromatic N) is 1. The van der Waals surface area contributed by atoms with Crippen molar-refractivity contribution in [1.29, 1.82) is 0 Å². The van der Waals surface area contributed by atoms with Gasteiger partial charge >= 0.3 is 0 Å². The minimum absolute atomic E-state index is 0.107. The van der Waals surface area contributed by atoms with Crippen molar-refractivity contribution in [2.75, 3.05) is 6.54 Å². The fraction of sp³-hybridized carbons (Fsp3) is 0.727. The summed E-state index contributed by atoms with van der Waals surface area (Å²) in [5, 5.41) is 3.41. The summed E-state index contributed by atoms with van der Waals surface area (Å²) in [5.41, 5.74) is 0.356. The first-order valence-corrected chi connectivity index (χ1v) is 7.72. The molecule has 1 aromatic rings. The van der Waals surface area contributed by atoms with Crippen molar-refractivity contribution in [3.8, 4) is 0 Å². The summed E-state index contributed by atoms with van der Waals surface area (Å²) >= 11 is 6.06. The minimum Gasteiger partial charge on any atom is -0.360 e. The number of hydrogen-bond acceptors (Lipinski definition) is 4. The molecule has 0 saturated carbocycles. The van der Waals surface area contributed by atoms with E-state index in [1.807, 2.05) is 13.8 Å². The van der Waals surface area contributed by atoms with Gasteiger partial charge in [0.1, 0.15) is 10.6 Å². The largest absolute Gasteiger partial charge is 0.360 e. The van der Waals surface area contributed by atoms with Crippen LogP contribution < -0.4 is 4.72 Å². The van der Waals surface area contributed by atoms with Crippen molar-refractivity contribution >= 4 is 21.6 Å². The monoisotopic (exact) mass is 294 g/mol. The van der Waals surface area contributed by atoms with Crippen molar-refractivity contribution in [2.45, 2.75) is 44.4 Å². The normalized spacial score (nSPS) is 14.1. The molecule has 1 N–H and O–H groups in total. The third-order valence-electron chi connectivity index (χ3n) is 2.46. The molecule has 5 nitrogen and oxygen atoms in total.